The summed E-state index contributed by atoms with van der Waals surface area (Å²) >= 11 is 6.11. The molecule has 2 aromatic rings. The minimum Gasteiger partial charge on any atom is -0.326 e. The third kappa shape index (κ3) is 4.63. The molecule has 0 aliphatic carbocycles. The van der Waals surface area contributed by atoms with Crippen LogP contribution in [-0.4, -0.2) is 23.9 Å². The Morgan fingerprint density at radius 3 is 2.46 bits per heavy atom. The van der Waals surface area contributed by atoms with Crippen LogP contribution in [0.1, 0.15) is 29.5 Å². The second-order valence-electron chi connectivity index (χ2n) is 7.12. The van der Waals surface area contributed by atoms with Gasteiger partial charge in [0.05, 0.1) is 0 Å². The molecule has 3 nitrogen and oxygen atoms in total. The lowest BCUT2D eigenvalue weighted by Gasteiger charge is -2.31. The zero-order chi connectivity index (χ0) is 18.7. The molecule has 0 radical (unpaired) electrons. The van der Waals surface area contributed by atoms with Gasteiger partial charge in [0.2, 0.25) is 5.91 Å². The van der Waals surface area contributed by atoms with Crippen molar-refractivity contribution in [3.8, 4) is 0 Å². The highest BCUT2D eigenvalue weighted by molar-refractivity contribution is 6.31. The molecule has 2 aromatic carbocycles. The minimum atomic E-state index is -0.271. The van der Waals surface area contributed by atoms with Crippen molar-refractivity contribution >= 4 is 23.2 Å². The van der Waals surface area contributed by atoms with E-state index in [-0.39, 0.29) is 17.6 Å². The topological polar surface area (TPSA) is 32.3 Å². The first-order valence-corrected chi connectivity index (χ1v) is 9.34. The second kappa shape index (κ2) is 8.19. The number of amides is 1. The van der Waals surface area contributed by atoms with Gasteiger partial charge in [0.25, 0.3) is 0 Å². The quantitative estimate of drug-likeness (QED) is 0.821. The number of halogens is 2. The van der Waals surface area contributed by atoms with Gasteiger partial charge in [-0.15, -0.1) is 0 Å². The van der Waals surface area contributed by atoms with E-state index in [0.717, 1.165) is 42.7 Å². The van der Waals surface area contributed by atoms with Crippen molar-refractivity contribution in [3.05, 3.63) is 63.9 Å². The molecule has 1 N–H and O–H groups in total. The number of aryl methyl sites for hydroxylation is 2. The van der Waals surface area contributed by atoms with Gasteiger partial charge >= 0.3 is 0 Å². The summed E-state index contributed by atoms with van der Waals surface area (Å²) in [4.78, 5) is 14.7. The minimum absolute atomic E-state index is 0.0110. The van der Waals surface area contributed by atoms with Crippen molar-refractivity contribution in [2.24, 2.45) is 5.92 Å². The molecule has 26 heavy (non-hydrogen) atoms. The normalized spacial score (nSPS) is 15.8. The summed E-state index contributed by atoms with van der Waals surface area (Å²) < 4.78 is 13.9. The van der Waals surface area contributed by atoms with Crippen LogP contribution in [-0.2, 0) is 11.3 Å². The Balaban J connectivity index is 1.55. The van der Waals surface area contributed by atoms with Gasteiger partial charge in [-0.3, -0.25) is 9.69 Å². The third-order valence-corrected chi connectivity index (χ3v) is 5.25. The predicted octanol–water partition coefficient (Wildman–Crippen LogP) is 4.95. The number of benzene rings is 2. The van der Waals surface area contributed by atoms with Gasteiger partial charge in [-0.25, -0.2) is 4.39 Å². The number of hydrogen-bond acceptors (Lipinski definition) is 2. The Hall–Kier alpha value is -1.91. The molecule has 1 saturated heterocycles. The van der Waals surface area contributed by atoms with Gasteiger partial charge < -0.3 is 5.32 Å². The van der Waals surface area contributed by atoms with Gasteiger partial charge in [-0.1, -0.05) is 23.7 Å². The van der Waals surface area contributed by atoms with E-state index in [0.29, 0.717) is 17.1 Å². The Kier molecular flexibility index (Phi) is 5.94. The molecule has 138 valence electrons. The summed E-state index contributed by atoms with van der Waals surface area (Å²) in [6.45, 7) is 6.05. The number of nitrogens with one attached hydrogen (secondary N) is 1. The zero-order valence-corrected chi connectivity index (χ0v) is 15.9. The number of nitrogens with zero attached hydrogens (tertiary/aromatic N) is 1. The van der Waals surface area contributed by atoms with Crippen LogP contribution in [0.3, 0.4) is 0 Å². The van der Waals surface area contributed by atoms with E-state index in [1.165, 1.54) is 6.07 Å². The molecule has 1 amide bonds. The largest absolute Gasteiger partial charge is 0.326 e. The summed E-state index contributed by atoms with van der Waals surface area (Å²) in [5.74, 6) is -0.214. The molecule has 0 spiro atoms. The molecular formula is C21H24ClFN2O. The second-order valence-corrected chi connectivity index (χ2v) is 7.52. The van der Waals surface area contributed by atoms with Crippen LogP contribution in [0, 0.1) is 25.6 Å². The number of hydrogen-bond donors (Lipinski definition) is 1. The number of anilines is 1. The highest BCUT2D eigenvalue weighted by Crippen LogP contribution is 2.25. The number of likely N-dealkylation sites (tertiary alicyclic amines) is 1. The first kappa shape index (κ1) is 18.9. The summed E-state index contributed by atoms with van der Waals surface area (Å²) in [6, 6.07) is 10.8. The van der Waals surface area contributed by atoms with Crippen LogP contribution in [0.2, 0.25) is 5.02 Å². The van der Waals surface area contributed by atoms with E-state index in [2.05, 4.69) is 16.3 Å². The molecule has 0 atom stereocenters. The Labute approximate surface area is 159 Å². The molecule has 0 unspecified atom stereocenters. The Morgan fingerprint density at radius 1 is 1.19 bits per heavy atom. The van der Waals surface area contributed by atoms with E-state index < -0.39 is 0 Å². The van der Waals surface area contributed by atoms with Gasteiger partial charge in [-0.2, -0.15) is 0 Å². The van der Waals surface area contributed by atoms with Crippen LogP contribution in [0.5, 0.6) is 0 Å². The maximum Gasteiger partial charge on any atom is 0.227 e. The lowest BCUT2D eigenvalue weighted by atomic mass is 9.95. The van der Waals surface area contributed by atoms with Crippen LogP contribution < -0.4 is 5.32 Å². The van der Waals surface area contributed by atoms with Crippen molar-refractivity contribution in [3.63, 3.8) is 0 Å². The van der Waals surface area contributed by atoms with Crippen molar-refractivity contribution in [1.29, 1.82) is 0 Å². The van der Waals surface area contributed by atoms with Gasteiger partial charge in [0, 0.05) is 28.7 Å². The van der Waals surface area contributed by atoms with Crippen LogP contribution in [0.25, 0.3) is 0 Å². The maximum absolute atomic E-state index is 13.9. The average molecular weight is 375 g/mol. The highest BCUT2D eigenvalue weighted by atomic mass is 35.5. The zero-order valence-electron chi connectivity index (χ0n) is 15.2. The highest BCUT2D eigenvalue weighted by Gasteiger charge is 2.26. The summed E-state index contributed by atoms with van der Waals surface area (Å²) in [5.41, 5.74) is 3.66. The molecule has 1 aliphatic rings. The number of carbonyl (C=O) groups is 1. The molecule has 0 saturated carbocycles. The van der Waals surface area contributed by atoms with E-state index in [9.17, 15) is 9.18 Å². The number of rotatable bonds is 4. The molecule has 1 heterocycles. The number of piperidine rings is 1. The standard InChI is InChI=1S/C21H24ClFN2O/c1-14-10-15(2)12-17(11-14)24-21(26)16-6-8-25(9-7-16)13-18-19(22)4-3-5-20(18)23/h3-5,10-12,16H,6-9,13H2,1-2H3,(H,24,26). The fourth-order valence-electron chi connectivity index (χ4n) is 3.55. The van der Waals surface area contributed by atoms with Gasteiger partial charge in [-0.05, 0) is 75.2 Å². The van der Waals surface area contributed by atoms with Crippen LogP contribution in [0.15, 0.2) is 36.4 Å². The summed E-state index contributed by atoms with van der Waals surface area (Å²) in [7, 11) is 0. The fourth-order valence-corrected chi connectivity index (χ4v) is 3.77. The Bertz CT molecular complexity index is 760. The molecule has 3 rings (SSSR count). The number of carbonyl (C=O) groups excluding carboxylic acids is 1. The monoisotopic (exact) mass is 374 g/mol. The van der Waals surface area contributed by atoms with E-state index in [1.807, 2.05) is 26.0 Å². The summed E-state index contributed by atoms with van der Waals surface area (Å²) in [6.07, 6.45) is 1.53. The SMILES string of the molecule is Cc1cc(C)cc(NC(=O)C2CCN(Cc3c(F)cccc3Cl)CC2)c1. The molecule has 1 aliphatic heterocycles. The van der Waals surface area contributed by atoms with Crippen LogP contribution >= 0.6 is 11.6 Å². The van der Waals surface area contributed by atoms with E-state index in [1.54, 1.807) is 12.1 Å². The lowest BCUT2D eigenvalue weighted by molar-refractivity contribution is -0.121. The van der Waals surface area contributed by atoms with E-state index in [4.69, 9.17) is 11.6 Å². The molecule has 5 heteroatoms. The van der Waals surface area contributed by atoms with Crippen LogP contribution in [0.4, 0.5) is 10.1 Å². The van der Waals surface area contributed by atoms with Gasteiger partial charge in [0.15, 0.2) is 0 Å². The maximum atomic E-state index is 13.9. The summed E-state index contributed by atoms with van der Waals surface area (Å²) in [5, 5.41) is 3.50. The molecule has 0 aromatic heterocycles. The average Bonchev–Trinajstić information content (AvgIpc) is 2.58. The molecule has 1 fully saturated rings. The van der Waals surface area contributed by atoms with Crippen molar-refractivity contribution in [1.82, 2.24) is 4.90 Å². The van der Waals surface area contributed by atoms with Gasteiger partial charge in [0.1, 0.15) is 5.82 Å². The van der Waals surface area contributed by atoms with Crippen molar-refractivity contribution < 1.29 is 9.18 Å². The van der Waals surface area contributed by atoms with Crippen molar-refractivity contribution in [2.75, 3.05) is 18.4 Å². The fraction of sp³-hybridized carbons (Fsp3) is 0.381. The van der Waals surface area contributed by atoms with Crippen molar-refractivity contribution in [2.45, 2.75) is 33.2 Å². The smallest absolute Gasteiger partial charge is 0.227 e. The first-order chi connectivity index (χ1) is 12.4. The first-order valence-electron chi connectivity index (χ1n) is 8.97. The molecule has 0 bridgehead atoms. The Morgan fingerprint density at radius 2 is 1.85 bits per heavy atom. The third-order valence-electron chi connectivity index (χ3n) is 4.89. The lowest BCUT2D eigenvalue weighted by Crippen LogP contribution is -2.38. The predicted molar refractivity (Wildman–Crippen MR) is 104 cm³/mol. The molecular weight excluding hydrogens is 351 g/mol. The van der Waals surface area contributed by atoms with E-state index >= 15 is 0 Å².